The van der Waals surface area contributed by atoms with Crippen LogP contribution in [-0.2, 0) is 12.8 Å². The Kier molecular flexibility index (Phi) is 4.81. The minimum atomic E-state index is 0.560. The molecule has 0 saturated heterocycles. The molecular formula is C15H27N3. The lowest BCUT2D eigenvalue weighted by atomic mass is 9.97. The van der Waals surface area contributed by atoms with Crippen molar-refractivity contribution in [3.8, 4) is 0 Å². The number of imidazole rings is 1. The second kappa shape index (κ2) is 6.37. The van der Waals surface area contributed by atoms with E-state index in [1.807, 2.05) is 0 Å². The molecular weight excluding hydrogens is 222 g/mol. The molecule has 3 heteroatoms. The maximum absolute atomic E-state index is 4.64. The van der Waals surface area contributed by atoms with Crippen LogP contribution in [0.4, 0.5) is 0 Å². The molecule has 1 aliphatic carbocycles. The molecule has 2 rings (SSSR count). The lowest BCUT2D eigenvalue weighted by Crippen LogP contribution is -2.35. The summed E-state index contributed by atoms with van der Waals surface area (Å²) in [6, 6.07) is 1.13. The molecule has 0 bridgehead atoms. The van der Waals surface area contributed by atoms with Crippen molar-refractivity contribution in [2.75, 3.05) is 7.05 Å². The SMILES string of the molecule is CCCC(NC)C(CC)n1cnc2c1CCCC2. The van der Waals surface area contributed by atoms with E-state index < -0.39 is 0 Å². The average Bonchev–Trinajstić information content (AvgIpc) is 2.83. The van der Waals surface area contributed by atoms with E-state index in [1.165, 1.54) is 56.3 Å². The van der Waals surface area contributed by atoms with Gasteiger partial charge in [-0.1, -0.05) is 20.3 Å². The highest BCUT2D eigenvalue weighted by Gasteiger charge is 2.24. The minimum absolute atomic E-state index is 0.560. The molecule has 0 aliphatic heterocycles. The summed E-state index contributed by atoms with van der Waals surface area (Å²) in [4.78, 5) is 4.64. The van der Waals surface area contributed by atoms with Gasteiger partial charge >= 0.3 is 0 Å². The smallest absolute Gasteiger partial charge is 0.0954 e. The zero-order valence-corrected chi connectivity index (χ0v) is 12.1. The summed E-state index contributed by atoms with van der Waals surface area (Å²) in [6.45, 7) is 4.56. The number of fused-ring (bicyclic) bond motifs is 1. The first-order valence-electron chi connectivity index (χ1n) is 7.53. The molecule has 18 heavy (non-hydrogen) atoms. The number of nitrogens with one attached hydrogen (secondary N) is 1. The van der Waals surface area contributed by atoms with Crippen molar-refractivity contribution in [3.05, 3.63) is 17.7 Å². The Morgan fingerprint density at radius 2 is 2.11 bits per heavy atom. The molecule has 1 N–H and O–H groups in total. The van der Waals surface area contributed by atoms with Gasteiger partial charge < -0.3 is 9.88 Å². The highest BCUT2D eigenvalue weighted by molar-refractivity contribution is 5.17. The third-order valence-electron chi connectivity index (χ3n) is 4.27. The van der Waals surface area contributed by atoms with Crippen molar-refractivity contribution in [1.29, 1.82) is 0 Å². The molecule has 0 amide bonds. The van der Waals surface area contributed by atoms with Crippen molar-refractivity contribution in [2.45, 2.75) is 70.9 Å². The molecule has 1 heterocycles. The van der Waals surface area contributed by atoms with Gasteiger partial charge in [0.15, 0.2) is 0 Å². The maximum atomic E-state index is 4.64. The fraction of sp³-hybridized carbons (Fsp3) is 0.800. The fourth-order valence-electron chi connectivity index (χ4n) is 3.29. The topological polar surface area (TPSA) is 29.9 Å². The van der Waals surface area contributed by atoms with E-state index in [-0.39, 0.29) is 0 Å². The molecule has 1 aliphatic rings. The standard InChI is InChI=1S/C15H27N3/c1-4-8-12(16-3)14(5-2)18-11-17-13-9-6-7-10-15(13)18/h11-12,14,16H,4-10H2,1-3H3. The fourth-order valence-corrected chi connectivity index (χ4v) is 3.29. The molecule has 3 nitrogen and oxygen atoms in total. The van der Waals surface area contributed by atoms with Crippen LogP contribution in [0.25, 0.3) is 0 Å². The molecule has 0 aromatic carbocycles. The zero-order valence-electron chi connectivity index (χ0n) is 12.1. The molecule has 1 aromatic rings. The third kappa shape index (κ3) is 2.61. The van der Waals surface area contributed by atoms with Gasteiger partial charge in [-0.15, -0.1) is 0 Å². The molecule has 0 fully saturated rings. The molecule has 0 radical (unpaired) electrons. The van der Waals surface area contributed by atoms with Gasteiger partial charge in [-0.25, -0.2) is 4.98 Å². The normalized spacial score (nSPS) is 18.4. The largest absolute Gasteiger partial charge is 0.330 e. The summed E-state index contributed by atoms with van der Waals surface area (Å²) in [6.07, 6.45) is 10.8. The Labute approximate surface area is 111 Å². The Morgan fingerprint density at radius 1 is 1.33 bits per heavy atom. The monoisotopic (exact) mass is 249 g/mol. The van der Waals surface area contributed by atoms with Crippen LogP contribution >= 0.6 is 0 Å². The quantitative estimate of drug-likeness (QED) is 0.839. The van der Waals surface area contributed by atoms with Gasteiger partial charge in [-0.3, -0.25) is 0 Å². The minimum Gasteiger partial charge on any atom is -0.330 e. The van der Waals surface area contributed by atoms with Crippen molar-refractivity contribution in [3.63, 3.8) is 0 Å². The van der Waals surface area contributed by atoms with E-state index in [2.05, 4.69) is 42.1 Å². The first-order valence-corrected chi connectivity index (χ1v) is 7.53. The lowest BCUT2D eigenvalue weighted by molar-refractivity contribution is 0.328. The Balaban J connectivity index is 2.23. The second-order valence-electron chi connectivity index (χ2n) is 5.41. The van der Waals surface area contributed by atoms with Crippen molar-refractivity contribution in [1.82, 2.24) is 14.9 Å². The van der Waals surface area contributed by atoms with Crippen LogP contribution in [0.2, 0.25) is 0 Å². The summed E-state index contributed by atoms with van der Waals surface area (Å²) in [5, 5.41) is 3.50. The van der Waals surface area contributed by atoms with Crippen molar-refractivity contribution < 1.29 is 0 Å². The maximum Gasteiger partial charge on any atom is 0.0954 e. The van der Waals surface area contributed by atoms with Gasteiger partial charge in [0.25, 0.3) is 0 Å². The molecule has 1 aromatic heterocycles. The molecule has 0 saturated carbocycles. The number of likely N-dealkylation sites (N-methyl/N-ethyl adjacent to an activating group) is 1. The van der Waals surface area contributed by atoms with Crippen LogP contribution in [0.5, 0.6) is 0 Å². The van der Waals surface area contributed by atoms with E-state index in [9.17, 15) is 0 Å². The number of nitrogens with zero attached hydrogens (tertiary/aromatic N) is 2. The van der Waals surface area contributed by atoms with E-state index in [4.69, 9.17) is 0 Å². The third-order valence-corrected chi connectivity index (χ3v) is 4.27. The Morgan fingerprint density at radius 3 is 2.78 bits per heavy atom. The van der Waals surface area contributed by atoms with Crippen LogP contribution < -0.4 is 5.32 Å². The molecule has 2 atom stereocenters. The van der Waals surface area contributed by atoms with Gasteiger partial charge in [0, 0.05) is 17.8 Å². The predicted octanol–water partition coefficient (Wildman–Crippen LogP) is 3.10. The summed E-state index contributed by atoms with van der Waals surface area (Å²) >= 11 is 0. The number of hydrogen-bond donors (Lipinski definition) is 1. The van der Waals surface area contributed by atoms with E-state index in [1.54, 1.807) is 0 Å². The number of aryl methyl sites for hydroxylation is 1. The zero-order chi connectivity index (χ0) is 13.0. The van der Waals surface area contributed by atoms with Crippen LogP contribution in [0.1, 0.15) is 63.4 Å². The van der Waals surface area contributed by atoms with Crippen molar-refractivity contribution in [2.24, 2.45) is 0 Å². The number of hydrogen-bond acceptors (Lipinski definition) is 2. The van der Waals surface area contributed by atoms with Crippen LogP contribution in [0.15, 0.2) is 6.33 Å². The highest BCUT2D eigenvalue weighted by Crippen LogP contribution is 2.27. The summed E-state index contributed by atoms with van der Waals surface area (Å²) in [5.74, 6) is 0. The van der Waals surface area contributed by atoms with E-state index >= 15 is 0 Å². The first-order chi connectivity index (χ1) is 8.81. The summed E-state index contributed by atoms with van der Waals surface area (Å²) in [5.41, 5.74) is 2.86. The second-order valence-corrected chi connectivity index (χ2v) is 5.41. The van der Waals surface area contributed by atoms with Gasteiger partial charge in [0.2, 0.25) is 0 Å². The molecule has 2 unspecified atom stereocenters. The molecule has 0 spiro atoms. The highest BCUT2D eigenvalue weighted by atomic mass is 15.1. The van der Waals surface area contributed by atoms with Gasteiger partial charge in [0.05, 0.1) is 12.0 Å². The van der Waals surface area contributed by atoms with Gasteiger partial charge in [0.1, 0.15) is 0 Å². The van der Waals surface area contributed by atoms with Crippen LogP contribution in [0.3, 0.4) is 0 Å². The van der Waals surface area contributed by atoms with Gasteiger partial charge in [-0.05, 0) is 45.6 Å². The van der Waals surface area contributed by atoms with Crippen LogP contribution in [0, 0.1) is 0 Å². The van der Waals surface area contributed by atoms with E-state index in [0.717, 1.165) is 0 Å². The Hall–Kier alpha value is -0.830. The predicted molar refractivity (Wildman–Crippen MR) is 76.0 cm³/mol. The van der Waals surface area contributed by atoms with Gasteiger partial charge in [-0.2, -0.15) is 0 Å². The average molecular weight is 249 g/mol. The summed E-state index contributed by atoms with van der Waals surface area (Å²) < 4.78 is 2.46. The lowest BCUT2D eigenvalue weighted by Gasteiger charge is -2.29. The summed E-state index contributed by atoms with van der Waals surface area (Å²) in [7, 11) is 2.09. The first kappa shape index (κ1) is 13.6. The van der Waals surface area contributed by atoms with Crippen molar-refractivity contribution >= 4 is 0 Å². The number of aromatic nitrogens is 2. The van der Waals surface area contributed by atoms with Crippen LogP contribution in [-0.4, -0.2) is 22.6 Å². The molecule has 102 valence electrons. The Bertz CT molecular complexity index is 370. The number of rotatable bonds is 6. The van der Waals surface area contributed by atoms with E-state index in [0.29, 0.717) is 12.1 Å².